The number of Topliss-reactive ketones (excluding diaryl/α,β-unsaturated/α-hetero) is 1. The highest BCUT2D eigenvalue weighted by atomic mass is 16.4. The number of allylic oxidation sites excluding steroid dienone is 1. The molecule has 3 heteroatoms. The number of carbonyl (C=O) groups is 2. The quantitative estimate of drug-likeness (QED) is 0.842. The van der Waals surface area contributed by atoms with Crippen molar-refractivity contribution in [3.63, 3.8) is 0 Å². The molecule has 0 aromatic heterocycles. The highest BCUT2D eigenvalue weighted by molar-refractivity contribution is 6.12. The summed E-state index contributed by atoms with van der Waals surface area (Å²) in [7, 11) is 0. The molecule has 0 atom stereocenters. The molecule has 1 aliphatic rings. The lowest BCUT2D eigenvalue weighted by molar-refractivity contribution is -0.133. The first-order valence-electron chi connectivity index (χ1n) is 6.72. The van der Waals surface area contributed by atoms with Gasteiger partial charge in [0.2, 0.25) is 0 Å². The Morgan fingerprint density at radius 1 is 1.05 bits per heavy atom. The van der Waals surface area contributed by atoms with Gasteiger partial charge in [-0.1, -0.05) is 31.2 Å². The normalized spacial score (nSPS) is 15.4. The minimum atomic E-state index is -0.951. The molecule has 1 N–H and O–H groups in total. The maximum absolute atomic E-state index is 12.4. The van der Waals surface area contributed by atoms with Crippen LogP contribution in [0.2, 0.25) is 0 Å². The molecule has 0 aliphatic heterocycles. The fourth-order valence-corrected chi connectivity index (χ4v) is 2.46. The Bertz CT molecular complexity index is 523. The van der Waals surface area contributed by atoms with Gasteiger partial charge in [-0.25, -0.2) is 4.79 Å². The molecule has 2 rings (SSSR count). The van der Waals surface area contributed by atoms with Crippen molar-refractivity contribution in [1.82, 2.24) is 0 Å². The number of rotatable bonds is 4. The number of ketones is 1. The molecule has 1 aliphatic carbocycles. The molecule has 0 spiro atoms. The summed E-state index contributed by atoms with van der Waals surface area (Å²) in [6, 6.07) is 7.44. The van der Waals surface area contributed by atoms with Gasteiger partial charge in [-0.15, -0.1) is 0 Å². The van der Waals surface area contributed by atoms with Gasteiger partial charge in [-0.2, -0.15) is 0 Å². The van der Waals surface area contributed by atoms with Gasteiger partial charge in [-0.05, 0) is 37.7 Å². The summed E-state index contributed by atoms with van der Waals surface area (Å²) in [5, 5.41) is 9.18. The van der Waals surface area contributed by atoms with E-state index < -0.39 is 5.97 Å². The van der Waals surface area contributed by atoms with E-state index in [2.05, 4.69) is 6.92 Å². The molecule has 0 bridgehead atoms. The Balaban J connectivity index is 2.33. The second kappa shape index (κ2) is 5.83. The van der Waals surface area contributed by atoms with E-state index in [4.69, 9.17) is 0 Å². The summed E-state index contributed by atoms with van der Waals surface area (Å²) in [6.07, 6.45) is 3.76. The molecule has 0 fully saturated rings. The van der Waals surface area contributed by atoms with Crippen LogP contribution >= 0.6 is 0 Å². The Hall–Kier alpha value is -1.90. The lowest BCUT2D eigenvalue weighted by Crippen LogP contribution is -2.15. The number of hydrogen-bond acceptors (Lipinski definition) is 2. The second-order valence-corrected chi connectivity index (χ2v) is 4.85. The fourth-order valence-electron chi connectivity index (χ4n) is 2.46. The zero-order valence-electron chi connectivity index (χ0n) is 11.1. The van der Waals surface area contributed by atoms with Crippen LogP contribution in [0.1, 0.15) is 48.5 Å². The molecular weight excluding hydrogens is 240 g/mol. The van der Waals surface area contributed by atoms with Gasteiger partial charge in [0, 0.05) is 16.7 Å². The van der Waals surface area contributed by atoms with Crippen molar-refractivity contribution < 1.29 is 14.7 Å². The van der Waals surface area contributed by atoms with Gasteiger partial charge < -0.3 is 5.11 Å². The lowest BCUT2D eigenvalue weighted by atomic mass is 9.87. The molecule has 3 nitrogen and oxygen atoms in total. The highest BCUT2D eigenvalue weighted by Crippen LogP contribution is 2.27. The van der Waals surface area contributed by atoms with Crippen molar-refractivity contribution in [2.45, 2.75) is 39.0 Å². The van der Waals surface area contributed by atoms with Crippen LogP contribution in [0.5, 0.6) is 0 Å². The largest absolute Gasteiger partial charge is 0.478 e. The minimum Gasteiger partial charge on any atom is -0.478 e. The average Bonchev–Trinajstić information content (AvgIpc) is 2.46. The Labute approximate surface area is 113 Å². The molecular formula is C16H18O3. The number of carboxylic acids is 1. The number of aliphatic carboxylic acids is 1. The Morgan fingerprint density at radius 3 is 2.16 bits per heavy atom. The van der Waals surface area contributed by atoms with Crippen LogP contribution in [0.3, 0.4) is 0 Å². The number of carboxylic acid groups (broad SMARTS) is 1. The third kappa shape index (κ3) is 2.92. The number of benzene rings is 1. The van der Waals surface area contributed by atoms with Crippen LogP contribution in [-0.4, -0.2) is 16.9 Å². The molecule has 0 radical (unpaired) electrons. The predicted octanol–water partition coefficient (Wildman–Crippen LogP) is 3.39. The van der Waals surface area contributed by atoms with E-state index >= 15 is 0 Å². The van der Waals surface area contributed by atoms with E-state index in [0.29, 0.717) is 29.6 Å². The van der Waals surface area contributed by atoms with Gasteiger partial charge in [0.15, 0.2) is 5.78 Å². The van der Waals surface area contributed by atoms with E-state index in [-0.39, 0.29) is 5.78 Å². The maximum atomic E-state index is 12.4. The zero-order chi connectivity index (χ0) is 13.8. The molecule has 0 amide bonds. The van der Waals surface area contributed by atoms with E-state index in [1.165, 1.54) is 5.56 Å². The Kier molecular flexibility index (Phi) is 4.15. The van der Waals surface area contributed by atoms with Crippen LogP contribution in [0.4, 0.5) is 0 Å². The third-order valence-electron chi connectivity index (χ3n) is 3.62. The smallest absolute Gasteiger partial charge is 0.331 e. The first-order valence-corrected chi connectivity index (χ1v) is 6.72. The Morgan fingerprint density at radius 2 is 1.63 bits per heavy atom. The SMILES string of the molecule is CCc1ccc(C(=O)C2=C(C(=O)O)CCCC2)cc1. The summed E-state index contributed by atoms with van der Waals surface area (Å²) in [5.41, 5.74) is 2.55. The second-order valence-electron chi connectivity index (χ2n) is 4.85. The zero-order valence-corrected chi connectivity index (χ0v) is 11.1. The molecule has 100 valence electrons. The molecule has 0 heterocycles. The van der Waals surface area contributed by atoms with E-state index in [9.17, 15) is 14.7 Å². The standard InChI is InChI=1S/C16H18O3/c1-2-11-7-9-12(10-8-11)15(17)13-5-3-4-6-14(13)16(18)19/h7-10H,2-6H2,1H3,(H,18,19). The number of hydrogen-bond donors (Lipinski definition) is 1. The lowest BCUT2D eigenvalue weighted by Gasteiger charge is -2.16. The van der Waals surface area contributed by atoms with E-state index in [1.54, 1.807) is 12.1 Å². The topological polar surface area (TPSA) is 54.4 Å². The highest BCUT2D eigenvalue weighted by Gasteiger charge is 2.24. The van der Waals surface area contributed by atoms with Gasteiger partial charge >= 0.3 is 5.97 Å². The van der Waals surface area contributed by atoms with Gasteiger partial charge in [0.05, 0.1) is 0 Å². The van der Waals surface area contributed by atoms with Crippen molar-refractivity contribution in [2.75, 3.05) is 0 Å². The van der Waals surface area contributed by atoms with Gasteiger partial charge in [-0.3, -0.25) is 4.79 Å². The molecule has 1 aromatic rings. The number of carbonyl (C=O) groups excluding carboxylic acids is 1. The van der Waals surface area contributed by atoms with Crippen LogP contribution < -0.4 is 0 Å². The van der Waals surface area contributed by atoms with Crippen LogP contribution in [0.25, 0.3) is 0 Å². The molecule has 1 aromatic carbocycles. The first-order chi connectivity index (χ1) is 9.13. The average molecular weight is 258 g/mol. The van der Waals surface area contributed by atoms with Crippen molar-refractivity contribution >= 4 is 11.8 Å². The van der Waals surface area contributed by atoms with Crippen molar-refractivity contribution in [2.24, 2.45) is 0 Å². The summed E-state index contributed by atoms with van der Waals surface area (Å²) < 4.78 is 0. The van der Waals surface area contributed by atoms with E-state index in [0.717, 1.165) is 19.3 Å². The van der Waals surface area contributed by atoms with E-state index in [1.807, 2.05) is 12.1 Å². The first kappa shape index (κ1) is 13.5. The molecule has 19 heavy (non-hydrogen) atoms. The summed E-state index contributed by atoms with van der Waals surface area (Å²) in [4.78, 5) is 23.6. The maximum Gasteiger partial charge on any atom is 0.331 e. The van der Waals surface area contributed by atoms with Crippen LogP contribution in [-0.2, 0) is 11.2 Å². The third-order valence-corrected chi connectivity index (χ3v) is 3.62. The molecule has 0 saturated heterocycles. The minimum absolute atomic E-state index is 0.125. The summed E-state index contributed by atoms with van der Waals surface area (Å²) in [5.74, 6) is -1.08. The van der Waals surface area contributed by atoms with Crippen molar-refractivity contribution in [3.8, 4) is 0 Å². The fraction of sp³-hybridized carbons (Fsp3) is 0.375. The predicted molar refractivity (Wildman–Crippen MR) is 73.3 cm³/mol. The van der Waals surface area contributed by atoms with Crippen LogP contribution in [0.15, 0.2) is 35.4 Å². The number of aryl methyl sites for hydroxylation is 1. The van der Waals surface area contributed by atoms with Gasteiger partial charge in [0.1, 0.15) is 0 Å². The molecule has 0 unspecified atom stereocenters. The molecule has 0 saturated carbocycles. The van der Waals surface area contributed by atoms with Gasteiger partial charge in [0.25, 0.3) is 0 Å². The van der Waals surface area contributed by atoms with Crippen molar-refractivity contribution in [1.29, 1.82) is 0 Å². The summed E-state index contributed by atoms with van der Waals surface area (Å²) in [6.45, 7) is 2.06. The van der Waals surface area contributed by atoms with Crippen LogP contribution in [0, 0.1) is 0 Å². The van der Waals surface area contributed by atoms with Crippen molar-refractivity contribution in [3.05, 3.63) is 46.5 Å². The monoisotopic (exact) mass is 258 g/mol. The summed E-state index contributed by atoms with van der Waals surface area (Å²) >= 11 is 0.